The smallest absolute Gasteiger partial charge is 0.128 e. The third-order valence-corrected chi connectivity index (χ3v) is 3.97. The zero-order valence-electron chi connectivity index (χ0n) is 11.3. The highest BCUT2D eigenvalue weighted by molar-refractivity contribution is 5.21. The minimum absolute atomic E-state index is 0.192. The molecule has 1 aromatic rings. The molecule has 1 aromatic carbocycles. The zero-order chi connectivity index (χ0) is 13.2. The van der Waals surface area contributed by atoms with Gasteiger partial charge in [-0.05, 0) is 37.4 Å². The minimum Gasteiger partial charge on any atom is -0.323 e. The first-order valence-corrected chi connectivity index (χ1v) is 6.70. The predicted octanol–water partition coefficient (Wildman–Crippen LogP) is 2.95. The highest BCUT2D eigenvalue weighted by Crippen LogP contribution is 2.30. The molecule has 2 N–H and O–H groups in total. The summed E-state index contributed by atoms with van der Waals surface area (Å²) >= 11 is 0. The van der Waals surface area contributed by atoms with Crippen LogP contribution < -0.4 is 5.73 Å². The molecule has 3 heteroatoms. The van der Waals surface area contributed by atoms with Crippen LogP contribution in [0.25, 0.3) is 0 Å². The van der Waals surface area contributed by atoms with Gasteiger partial charge in [0.05, 0.1) is 0 Å². The largest absolute Gasteiger partial charge is 0.323 e. The van der Waals surface area contributed by atoms with Crippen LogP contribution in [0.5, 0.6) is 0 Å². The number of likely N-dealkylation sites (tertiary alicyclic amines) is 1. The van der Waals surface area contributed by atoms with Gasteiger partial charge in [0.25, 0.3) is 0 Å². The number of hydrogen-bond donors (Lipinski definition) is 1. The second-order valence-corrected chi connectivity index (χ2v) is 6.09. The summed E-state index contributed by atoms with van der Waals surface area (Å²) in [6.07, 6.45) is 2.38. The SMILES string of the molecule is CC1(C)CCN(CC(N)c2ccccc2F)CC1. The van der Waals surface area contributed by atoms with Crippen molar-refractivity contribution in [3.8, 4) is 0 Å². The molecule has 1 aliphatic heterocycles. The van der Waals surface area contributed by atoms with Crippen molar-refractivity contribution in [3.63, 3.8) is 0 Å². The summed E-state index contributed by atoms with van der Waals surface area (Å²) < 4.78 is 13.6. The fourth-order valence-corrected chi connectivity index (χ4v) is 2.49. The molecule has 1 atom stereocenters. The molecule has 1 saturated heterocycles. The highest BCUT2D eigenvalue weighted by Gasteiger charge is 2.26. The van der Waals surface area contributed by atoms with Crippen molar-refractivity contribution in [2.75, 3.05) is 19.6 Å². The Hall–Kier alpha value is -0.930. The molecule has 0 saturated carbocycles. The van der Waals surface area contributed by atoms with Crippen LogP contribution in [-0.4, -0.2) is 24.5 Å². The maximum absolute atomic E-state index is 13.6. The van der Waals surface area contributed by atoms with Crippen LogP contribution in [0.4, 0.5) is 4.39 Å². The van der Waals surface area contributed by atoms with E-state index in [0.29, 0.717) is 11.0 Å². The van der Waals surface area contributed by atoms with Gasteiger partial charge in [0, 0.05) is 18.2 Å². The molecule has 0 amide bonds. The summed E-state index contributed by atoms with van der Waals surface area (Å²) in [5, 5.41) is 0. The average molecular weight is 250 g/mol. The topological polar surface area (TPSA) is 29.3 Å². The Kier molecular flexibility index (Phi) is 4.03. The number of rotatable bonds is 3. The summed E-state index contributed by atoms with van der Waals surface area (Å²) in [5.74, 6) is -0.192. The lowest BCUT2D eigenvalue weighted by molar-refractivity contribution is 0.126. The van der Waals surface area contributed by atoms with E-state index in [2.05, 4.69) is 18.7 Å². The molecule has 0 aromatic heterocycles. The fraction of sp³-hybridized carbons (Fsp3) is 0.600. The molecule has 0 bridgehead atoms. The molecule has 0 aliphatic carbocycles. The second kappa shape index (κ2) is 5.37. The van der Waals surface area contributed by atoms with Crippen molar-refractivity contribution in [2.24, 2.45) is 11.1 Å². The molecule has 0 spiro atoms. The number of nitrogens with zero attached hydrogens (tertiary/aromatic N) is 1. The van der Waals surface area contributed by atoms with Crippen LogP contribution in [0.3, 0.4) is 0 Å². The number of hydrogen-bond acceptors (Lipinski definition) is 2. The standard InChI is InChI=1S/C15H23FN2/c1-15(2)7-9-18(10-8-15)11-14(17)12-5-3-4-6-13(12)16/h3-6,14H,7-11,17H2,1-2H3. The molecule has 100 valence electrons. The van der Waals surface area contributed by atoms with E-state index in [-0.39, 0.29) is 11.9 Å². The molecular weight excluding hydrogens is 227 g/mol. The summed E-state index contributed by atoms with van der Waals surface area (Å²) in [6.45, 7) is 7.49. The first-order chi connectivity index (χ1) is 8.48. The molecule has 18 heavy (non-hydrogen) atoms. The Labute approximate surface area is 109 Å². The number of piperidine rings is 1. The van der Waals surface area contributed by atoms with Gasteiger partial charge in [0.2, 0.25) is 0 Å². The third kappa shape index (κ3) is 3.30. The van der Waals surface area contributed by atoms with E-state index in [1.165, 1.54) is 18.9 Å². The van der Waals surface area contributed by atoms with Gasteiger partial charge in [0.15, 0.2) is 0 Å². The van der Waals surface area contributed by atoms with Gasteiger partial charge >= 0.3 is 0 Å². The quantitative estimate of drug-likeness (QED) is 0.893. The summed E-state index contributed by atoms with van der Waals surface area (Å²) in [7, 11) is 0. The lowest BCUT2D eigenvalue weighted by atomic mass is 9.82. The molecule has 1 aliphatic rings. The van der Waals surface area contributed by atoms with Crippen molar-refractivity contribution in [2.45, 2.75) is 32.7 Å². The van der Waals surface area contributed by atoms with Crippen molar-refractivity contribution < 1.29 is 4.39 Å². The van der Waals surface area contributed by atoms with Crippen molar-refractivity contribution in [1.29, 1.82) is 0 Å². The van der Waals surface area contributed by atoms with Gasteiger partial charge in [-0.1, -0.05) is 32.0 Å². The maximum Gasteiger partial charge on any atom is 0.128 e. The summed E-state index contributed by atoms with van der Waals surface area (Å²) in [4.78, 5) is 2.35. The van der Waals surface area contributed by atoms with Crippen molar-refractivity contribution in [1.82, 2.24) is 4.90 Å². The van der Waals surface area contributed by atoms with Gasteiger partial charge in [-0.3, -0.25) is 0 Å². The van der Waals surface area contributed by atoms with E-state index in [1.807, 2.05) is 6.07 Å². The van der Waals surface area contributed by atoms with Gasteiger partial charge in [-0.25, -0.2) is 4.39 Å². The number of benzene rings is 1. The number of halogens is 1. The van der Waals surface area contributed by atoms with Crippen LogP contribution in [0, 0.1) is 11.2 Å². The van der Waals surface area contributed by atoms with E-state index in [4.69, 9.17) is 5.73 Å². The molecule has 1 unspecified atom stereocenters. The molecular formula is C15H23FN2. The van der Waals surface area contributed by atoms with E-state index in [9.17, 15) is 4.39 Å². The van der Waals surface area contributed by atoms with Crippen LogP contribution in [-0.2, 0) is 0 Å². The maximum atomic E-state index is 13.6. The van der Waals surface area contributed by atoms with E-state index < -0.39 is 0 Å². The Bertz CT molecular complexity index is 393. The predicted molar refractivity (Wildman–Crippen MR) is 72.8 cm³/mol. The molecule has 0 radical (unpaired) electrons. The van der Waals surface area contributed by atoms with Gasteiger partial charge in [0.1, 0.15) is 5.82 Å². The van der Waals surface area contributed by atoms with Gasteiger partial charge in [-0.15, -0.1) is 0 Å². The Morgan fingerprint density at radius 2 is 1.89 bits per heavy atom. The monoisotopic (exact) mass is 250 g/mol. The minimum atomic E-state index is -0.229. The van der Waals surface area contributed by atoms with E-state index in [1.54, 1.807) is 12.1 Å². The van der Waals surface area contributed by atoms with Crippen molar-refractivity contribution >= 4 is 0 Å². The molecule has 1 fully saturated rings. The van der Waals surface area contributed by atoms with Crippen LogP contribution >= 0.6 is 0 Å². The highest BCUT2D eigenvalue weighted by atomic mass is 19.1. The van der Waals surface area contributed by atoms with Gasteiger partial charge in [-0.2, -0.15) is 0 Å². The first-order valence-electron chi connectivity index (χ1n) is 6.70. The second-order valence-electron chi connectivity index (χ2n) is 6.09. The normalized spacial score (nSPS) is 21.8. The lowest BCUT2D eigenvalue weighted by Gasteiger charge is -2.38. The number of nitrogens with two attached hydrogens (primary N) is 1. The Morgan fingerprint density at radius 1 is 1.28 bits per heavy atom. The van der Waals surface area contributed by atoms with E-state index >= 15 is 0 Å². The third-order valence-electron chi connectivity index (χ3n) is 3.97. The fourth-order valence-electron chi connectivity index (χ4n) is 2.49. The van der Waals surface area contributed by atoms with E-state index in [0.717, 1.165) is 19.6 Å². The van der Waals surface area contributed by atoms with Crippen molar-refractivity contribution in [3.05, 3.63) is 35.6 Å². The van der Waals surface area contributed by atoms with Crippen LogP contribution in [0.15, 0.2) is 24.3 Å². The zero-order valence-corrected chi connectivity index (χ0v) is 11.3. The van der Waals surface area contributed by atoms with Crippen LogP contribution in [0.1, 0.15) is 38.3 Å². The Morgan fingerprint density at radius 3 is 2.50 bits per heavy atom. The first kappa shape index (κ1) is 13.5. The average Bonchev–Trinajstić information content (AvgIpc) is 2.32. The molecule has 2 rings (SSSR count). The molecule has 2 nitrogen and oxygen atoms in total. The lowest BCUT2D eigenvalue weighted by Crippen LogP contribution is -2.41. The summed E-state index contributed by atoms with van der Waals surface area (Å²) in [6, 6.07) is 6.59. The Balaban J connectivity index is 1.93. The van der Waals surface area contributed by atoms with Gasteiger partial charge < -0.3 is 10.6 Å². The summed E-state index contributed by atoms with van der Waals surface area (Å²) in [5.41, 5.74) is 7.18. The molecule has 1 heterocycles. The van der Waals surface area contributed by atoms with Crippen LogP contribution in [0.2, 0.25) is 0 Å².